The van der Waals surface area contributed by atoms with Crippen molar-refractivity contribution in [1.29, 1.82) is 0 Å². The second kappa shape index (κ2) is 6.33. The molecular weight excluding hydrogens is 338 g/mol. The second-order valence-corrected chi connectivity index (χ2v) is 6.29. The molecule has 0 aliphatic carbocycles. The number of carbonyl (C=O) groups excluding carboxylic acids is 1. The standard InChI is InChI=1S/C17H13N5O2S/c1-11-4-5-12(16-21-22-10-18-20-17(22)25-16)9-14(11)19-15(23)7-6-13-3-2-8-24-13/h2-10H,1H3,(H,19,23). The number of rotatable bonds is 4. The number of benzene rings is 1. The monoisotopic (exact) mass is 351 g/mol. The van der Waals surface area contributed by atoms with Crippen molar-refractivity contribution in [2.75, 3.05) is 5.32 Å². The molecule has 0 bridgehead atoms. The number of aromatic nitrogens is 4. The van der Waals surface area contributed by atoms with Crippen LogP contribution in [0.4, 0.5) is 5.69 Å². The van der Waals surface area contributed by atoms with Crippen molar-refractivity contribution in [2.45, 2.75) is 6.92 Å². The van der Waals surface area contributed by atoms with Crippen molar-refractivity contribution in [3.63, 3.8) is 0 Å². The smallest absolute Gasteiger partial charge is 0.248 e. The van der Waals surface area contributed by atoms with E-state index in [0.717, 1.165) is 26.8 Å². The number of hydrogen-bond donors (Lipinski definition) is 1. The lowest BCUT2D eigenvalue weighted by Gasteiger charge is -2.08. The summed E-state index contributed by atoms with van der Waals surface area (Å²) in [6.45, 7) is 1.94. The van der Waals surface area contributed by atoms with Gasteiger partial charge < -0.3 is 9.73 Å². The molecule has 8 heteroatoms. The number of aryl methyl sites for hydroxylation is 1. The summed E-state index contributed by atoms with van der Waals surface area (Å²) in [6, 6.07) is 9.37. The zero-order chi connectivity index (χ0) is 17.2. The van der Waals surface area contributed by atoms with E-state index < -0.39 is 0 Å². The highest BCUT2D eigenvalue weighted by molar-refractivity contribution is 7.19. The van der Waals surface area contributed by atoms with Crippen molar-refractivity contribution in [1.82, 2.24) is 19.8 Å². The van der Waals surface area contributed by atoms with Crippen molar-refractivity contribution in [2.24, 2.45) is 0 Å². The molecule has 3 heterocycles. The number of nitrogens with one attached hydrogen (secondary N) is 1. The second-order valence-electron chi connectivity index (χ2n) is 5.33. The van der Waals surface area contributed by atoms with Gasteiger partial charge >= 0.3 is 0 Å². The van der Waals surface area contributed by atoms with Gasteiger partial charge in [0.15, 0.2) is 0 Å². The fraction of sp³-hybridized carbons (Fsp3) is 0.0588. The highest BCUT2D eigenvalue weighted by Crippen LogP contribution is 2.28. The summed E-state index contributed by atoms with van der Waals surface area (Å²) < 4.78 is 6.80. The molecule has 4 rings (SSSR count). The van der Waals surface area contributed by atoms with E-state index in [2.05, 4.69) is 20.6 Å². The number of carbonyl (C=O) groups is 1. The fourth-order valence-electron chi connectivity index (χ4n) is 2.28. The fourth-order valence-corrected chi connectivity index (χ4v) is 3.10. The van der Waals surface area contributed by atoms with Gasteiger partial charge in [0, 0.05) is 17.3 Å². The van der Waals surface area contributed by atoms with Crippen LogP contribution in [0.15, 0.2) is 53.4 Å². The Hall–Kier alpha value is -3.26. The maximum absolute atomic E-state index is 12.1. The largest absolute Gasteiger partial charge is 0.465 e. The van der Waals surface area contributed by atoms with Crippen LogP contribution in [-0.2, 0) is 4.79 Å². The Balaban J connectivity index is 1.57. The summed E-state index contributed by atoms with van der Waals surface area (Å²) in [4.78, 5) is 12.9. The number of furan rings is 1. The zero-order valence-electron chi connectivity index (χ0n) is 13.2. The average Bonchev–Trinajstić information content (AvgIpc) is 3.32. The quantitative estimate of drug-likeness (QED) is 0.570. The van der Waals surface area contributed by atoms with Gasteiger partial charge in [-0.3, -0.25) is 4.79 Å². The van der Waals surface area contributed by atoms with Gasteiger partial charge in [0.25, 0.3) is 0 Å². The molecule has 1 aromatic carbocycles. The van der Waals surface area contributed by atoms with E-state index in [4.69, 9.17) is 4.42 Å². The van der Waals surface area contributed by atoms with Gasteiger partial charge in [0.1, 0.15) is 17.1 Å². The number of nitrogens with zero attached hydrogens (tertiary/aromatic N) is 4. The van der Waals surface area contributed by atoms with E-state index in [1.807, 2.05) is 25.1 Å². The summed E-state index contributed by atoms with van der Waals surface area (Å²) in [5, 5.41) is 15.9. The van der Waals surface area contributed by atoms with Gasteiger partial charge in [0.05, 0.1) is 6.26 Å². The molecule has 0 saturated carbocycles. The number of amides is 1. The van der Waals surface area contributed by atoms with Gasteiger partial charge in [0.2, 0.25) is 10.9 Å². The molecule has 0 aliphatic rings. The minimum Gasteiger partial charge on any atom is -0.465 e. The van der Waals surface area contributed by atoms with Gasteiger partial charge in [-0.25, -0.2) is 0 Å². The van der Waals surface area contributed by atoms with Crippen molar-refractivity contribution >= 4 is 34.0 Å². The van der Waals surface area contributed by atoms with E-state index in [9.17, 15) is 4.79 Å². The Morgan fingerprint density at radius 3 is 3.08 bits per heavy atom. The maximum atomic E-state index is 12.1. The Morgan fingerprint density at radius 1 is 1.36 bits per heavy atom. The Labute approximate surface area is 146 Å². The predicted molar refractivity (Wildman–Crippen MR) is 95.2 cm³/mol. The van der Waals surface area contributed by atoms with E-state index in [1.54, 1.807) is 35.3 Å². The molecule has 0 spiro atoms. The molecule has 1 N–H and O–H groups in total. The molecule has 0 fully saturated rings. The molecule has 4 aromatic rings. The molecule has 1 amide bonds. The SMILES string of the molecule is Cc1ccc(-c2nn3cnnc3s2)cc1NC(=O)C=Cc1ccco1. The Morgan fingerprint density at radius 2 is 2.28 bits per heavy atom. The number of hydrogen-bond acceptors (Lipinski definition) is 6. The topological polar surface area (TPSA) is 85.3 Å². The van der Waals surface area contributed by atoms with E-state index >= 15 is 0 Å². The van der Waals surface area contributed by atoms with Gasteiger partial charge in [-0.1, -0.05) is 23.5 Å². The van der Waals surface area contributed by atoms with Crippen LogP contribution in [0.1, 0.15) is 11.3 Å². The minimum atomic E-state index is -0.227. The number of anilines is 1. The Kier molecular flexibility index (Phi) is 3.87. The summed E-state index contributed by atoms with van der Waals surface area (Å²) in [5.74, 6) is 0.398. The lowest BCUT2D eigenvalue weighted by atomic mass is 10.1. The van der Waals surface area contributed by atoms with E-state index in [-0.39, 0.29) is 5.91 Å². The van der Waals surface area contributed by atoms with Gasteiger partial charge in [-0.15, -0.1) is 10.2 Å². The first-order valence-electron chi connectivity index (χ1n) is 7.49. The highest BCUT2D eigenvalue weighted by atomic mass is 32.1. The highest BCUT2D eigenvalue weighted by Gasteiger charge is 2.10. The van der Waals surface area contributed by atoms with Crippen LogP contribution in [-0.4, -0.2) is 25.7 Å². The molecule has 0 aliphatic heterocycles. The normalized spacial score (nSPS) is 11.4. The van der Waals surface area contributed by atoms with Crippen LogP contribution in [0, 0.1) is 6.92 Å². The van der Waals surface area contributed by atoms with Crippen LogP contribution in [0.25, 0.3) is 21.6 Å². The van der Waals surface area contributed by atoms with Crippen molar-refractivity contribution < 1.29 is 9.21 Å². The van der Waals surface area contributed by atoms with Gasteiger partial charge in [-0.2, -0.15) is 9.61 Å². The minimum absolute atomic E-state index is 0.227. The summed E-state index contributed by atoms with van der Waals surface area (Å²) in [7, 11) is 0. The van der Waals surface area contributed by atoms with Crippen molar-refractivity contribution in [3.05, 3.63) is 60.3 Å². The molecule has 124 valence electrons. The third-order valence-corrected chi connectivity index (χ3v) is 4.53. The first kappa shape index (κ1) is 15.3. The first-order chi connectivity index (χ1) is 12.2. The third-order valence-electron chi connectivity index (χ3n) is 3.57. The zero-order valence-corrected chi connectivity index (χ0v) is 14.0. The molecule has 0 saturated heterocycles. The summed E-state index contributed by atoms with van der Waals surface area (Å²) in [5.41, 5.74) is 2.61. The van der Waals surface area contributed by atoms with Crippen molar-refractivity contribution in [3.8, 4) is 10.6 Å². The van der Waals surface area contributed by atoms with Gasteiger partial charge in [-0.05, 0) is 36.8 Å². The Bertz CT molecular complexity index is 1030. The maximum Gasteiger partial charge on any atom is 0.248 e. The summed E-state index contributed by atoms with van der Waals surface area (Å²) in [6.07, 6.45) is 6.18. The van der Waals surface area contributed by atoms with Crippen LogP contribution < -0.4 is 5.32 Å². The molecule has 7 nitrogen and oxygen atoms in total. The molecule has 25 heavy (non-hydrogen) atoms. The van der Waals surface area contributed by atoms with E-state index in [0.29, 0.717) is 5.76 Å². The lowest BCUT2D eigenvalue weighted by molar-refractivity contribution is -0.111. The molecule has 3 aromatic heterocycles. The molecule has 0 unspecified atom stereocenters. The molecule has 0 atom stereocenters. The predicted octanol–water partition coefficient (Wildman–Crippen LogP) is 3.41. The van der Waals surface area contributed by atoms with Crippen LogP contribution in [0.5, 0.6) is 0 Å². The van der Waals surface area contributed by atoms with Crippen LogP contribution in [0.2, 0.25) is 0 Å². The average molecular weight is 351 g/mol. The van der Waals surface area contributed by atoms with E-state index in [1.165, 1.54) is 17.4 Å². The third kappa shape index (κ3) is 3.20. The molecular formula is C17H13N5O2S. The lowest BCUT2D eigenvalue weighted by Crippen LogP contribution is -2.09. The first-order valence-corrected chi connectivity index (χ1v) is 8.31. The number of fused-ring (bicyclic) bond motifs is 1. The van der Waals surface area contributed by atoms with Crippen LogP contribution in [0.3, 0.4) is 0 Å². The summed E-state index contributed by atoms with van der Waals surface area (Å²) >= 11 is 1.44. The van der Waals surface area contributed by atoms with Crippen LogP contribution >= 0.6 is 11.3 Å². The molecule has 0 radical (unpaired) electrons.